The monoisotopic (exact) mass is 337 g/mol. The van der Waals surface area contributed by atoms with Gasteiger partial charge in [-0.25, -0.2) is 4.39 Å². The van der Waals surface area contributed by atoms with Gasteiger partial charge in [0.1, 0.15) is 11.6 Å². The average Bonchev–Trinajstić information content (AvgIpc) is 2.35. The molecule has 0 radical (unpaired) electrons. The molecule has 20 heavy (non-hydrogen) atoms. The number of hydrogen-bond donors (Lipinski definition) is 2. The minimum atomic E-state index is -0.243. The second-order valence-corrected chi connectivity index (χ2v) is 5.90. The first-order valence-corrected chi connectivity index (χ1v) is 7.19. The number of hydrogen-bond acceptors (Lipinski definition) is 2. The summed E-state index contributed by atoms with van der Waals surface area (Å²) in [6, 6.07) is 8.47. The Morgan fingerprint density at radius 1 is 1.15 bits per heavy atom. The lowest BCUT2D eigenvalue weighted by atomic mass is 10.1. The van der Waals surface area contributed by atoms with Gasteiger partial charge in [0.05, 0.1) is 6.04 Å². The molecule has 0 aromatic heterocycles. The number of phenolic OH excluding ortho intramolecular Hbond substituents is 1. The third-order valence-corrected chi connectivity index (χ3v) is 3.84. The quantitative estimate of drug-likeness (QED) is 0.765. The van der Waals surface area contributed by atoms with E-state index in [1.54, 1.807) is 12.1 Å². The molecule has 1 unspecified atom stereocenters. The number of halogens is 2. The van der Waals surface area contributed by atoms with E-state index in [-0.39, 0.29) is 17.6 Å². The summed E-state index contributed by atoms with van der Waals surface area (Å²) in [5.41, 5.74) is 3.23. The van der Waals surface area contributed by atoms with E-state index < -0.39 is 0 Å². The maximum atomic E-state index is 13.9. The van der Waals surface area contributed by atoms with Crippen molar-refractivity contribution in [3.05, 3.63) is 57.3 Å². The fourth-order valence-electron chi connectivity index (χ4n) is 2.12. The molecule has 2 N–H and O–H groups in total. The van der Waals surface area contributed by atoms with E-state index in [1.807, 2.05) is 32.9 Å². The van der Waals surface area contributed by atoms with Crippen LogP contribution < -0.4 is 5.32 Å². The van der Waals surface area contributed by atoms with Crippen LogP contribution in [0.15, 0.2) is 34.8 Å². The third kappa shape index (κ3) is 3.12. The van der Waals surface area contributed by atoms with Gasteiger partial charge >= 0.3 is 0 Å². The van der Waals surface area contributed by atoms with Gasteiger partial charge in [-0.05, 0) is 56.2 Å². The summed E-state index contributed by atoms with van der Waals surface area (Å²) in [6.07, 6.45) is 0. The van der Waals surface area contributed by atoms with E-state index in [9.17, 15) is 9.50 Å². The van der Waals surface area contributed by atoms with E-state index in [2.05, 4.69) is 21.2 Å². The van der Waals surface area contributed by atoms with Gasteiger partial charge in [0, 0.05) is 15.7 Å². The van der Waals surface area contributed by atoms with Crippen molar-refractivity contribution >= 4 is 21.6 Å². The average molecular weight is 338 g/mol. The number of nitrogens with one attached hydrogen (secondary N) is 1. The highest BCUT2D eigenvalue weighted by atomic mass is 79.9. The summed E-state index contributed by atoms with van der Waals surface area (Å²) in [4.78, 5) is 0. The third-order valence-electron chi connectivity index (χ3n) is 3.34. The van der Waals surface area contributed by atoms with Crippen molar-refractivity contribution in [2.75, 3.05) is 5.32 Å². The standard InChI is InChI=1S/C16H17BrFNO/c1-9-7-16(20)10(2)6-15(9)19-11(3)13-5-4-12(17)8-14(13)18/h4-8,11,19-20H,1-3H3. The van der Waals surface area contributed by atoms with Crippen LogP contribution in [0.25, 0.3) is 0 Å². The van der Waals surface area contributed by atoms with Crippen molar-refractivity contribution in [1.29, 1.82) is 0 Å². The first-order chi connectivity index (χ1) is 9.38. The molecule has 2 nitrogen and oxygen atoms in total. The summed E-state index contributed by atoms with van der Waals surface area (Å²) in [6.45, 7) is 5.66. The lowest BCUT2D eigenvalue weighted by molar-refractivity contribution is 0.470. The minimum Gasteiger partial charge on any atom is -0.508 e. The van der Waals surface area contributed by atoms with Gasteiger partial charge in [0.25, 0.3) is 0 Å². The van der Waals surface area contributed by atoms with Crippen molar-refractivity contribution in [3.63, 3.8) is 0 Å². The summed E-state index contributed by atoms with van der Waals surface area (Å²) >= 11 is 3.25. The highest BCUT2D eigenvalue weighted by Crippen LogP contribution is 2.29. The number of phenols is 1. The Bertz CT molecular complexity index is 643. The largest absolute Gasteiger partial charge is 0.508 e. The number of rotatable bonds is 3. The molecule has 0 heterocycles. The lowest BCUT2D eigenvalue weighted by Crippen LogP contribution is -2.09. The first kappa shape index (κ1) is 14.9. The predicted octanol–water partition coefficient (Wildman–Crippen LogP) is 5.08. The maximum absolute atomic E-state index is 13.9. The van der Waals surface area contributed by atoms with Gasteiger partial charge < -0.3 is 10.4 Å². The SMILES string of the molecule is Cc1cc(NC(C)c2ccc(Br)cc2F)c(C)cc1O. The van der Waals surface area contributed by atoms with Crippen molar-refractivity contribution < 1.29 is 9.50 Å². The molecule has 2 aromatic rings. The van der Waals surface area contributed by atoms with Crippen LogP contribution in [0.3, 0.4) is 0 Å². The van der Waals surface area contributed by atoms with Crippen molar-refractivity contribution in [1.82, 2.24) is 0 Å². The highest BCUT2D eigenvalue weighted by Gasteiger charge is 2.13. The summed E-state index contributed by atoms with van der Waals surface area (Å²) < 4.78 is 14.7. The van der Waals surface area contributed by atoms with Crippen LogP contribution in [0, 0.1) is 19.7 Å². The molecular formula is C16H17BrFNO. The van der Waals surface area contributed by atoms with Gasteiger partial charge in [-0.1, -0.05) is 22.0 Å². The zero-order valence-corrected chi connectivity index (χ0v) is 13.3. The molecule has 0 saturated heterocycles. The van der Waals surface area contributed by atoms with Gasteiger partial charge in [0.2, 0.25) is 0 Å². The summed E-state index contributed by atoms with van der Waals surface area (Å²) in [7, 11) is 0. The van der Waals surface area contributed by atoms with Crippen LogP contribution in [0.2, 0.25) is 0 Å². The molecule has 0 bridgehead atoms. The molecule has 0 aliphatic heterocycles. The van der Waals surface area contributed by atoms with Crippen LogP contribution in [0.4, 0.5) is 10.1 Å². The first-order valence-electron chi connectivity index (χ1n) is 6.40. The Balaban J connectivity index is 2.27. The maximum Gasteiger partial charge on any atom is 0.129 e. The van der Waals surface area contributed by atoms with E-state index in [0.717, 1.165) is 21.3 Å². The summed E-state index contributed by atoms with van der Waals surface area (Å²) in [5.74, 6) is 0.0306. The Kier molecular flexibility index (Phi) is 4.33. The zero-order chi connectivity index (χ0) is 14.9. The van der Waals surface area contributed by atoms with E-state index in [1.165, 1.54) is 6.07 Å². The molecule has 0 saturated carbocycles. The number of benzene rings is 2. The Hall–Kier alpha value is -1.55. The molecule has 1 atom stereocenters. The van der Waals surface area contributed by atoms with E-state index in [4.69, 9.17) is 0 Å². The van der Waals surface area contributed by atoms with Crippen molar-refractivity contribution in [3.8, 4) is 5.75 Å². The molecule has 0 aliphatic rings. The van der Waals surface area contributed by atoms with Crippen molar-refractivity contribution in [2.45, 2.75) is 26.8 Å². The normalized spacial score (nSPS) is 12.2. The molecule has 0 amide bonds. The predicted molar refractivity (Wildman–Crippen MR) is 83.7 cm³/mol. The number of aryl methyl sites for hydroxylation is 2. The fraction of sp³-hybridized carbons (Fsp3) is 0.250. The van der Waals surface area contributed by atoms with Crippen LogP contribution >= 0.6 is 15.9 Å². The van der Waals surface area contributed by atoms with E-state index >= 15 is 0 Å². The van der Waals surface area contributed by atoms with Crippen LogP contribution in [-0.2, 0) is 0 Å². The second-order valence-electron chi connectivity index (χ2n) is 4.99. The van der Waals surface area contributed by atoms with Crippen molar-refractivity contribution in [2.24, 2.45) is 0 Å². The Morgan fingerprint density at radius 3 is 2.50 bits per heavy atom. The van der Waals surface area contributed by atoms with E-state index in [0.29, 0.717) is 5.56 Å². The summed E-state index contributed by atoms with van der Waals surface area (Å²) in [5, 5.41) is 12.9. The molecule has 0 fully saturated rings. The molecule has 2 aromatic carbocycles. The molecule has 4 heteroatoms. The van der Waals surface area contributed by atoms with Gasteiger partial charge in [-0.3, -0.25) is 0 Å². The number of anilines is 1. The van der Waals surface area contributed by atoms with Crippen LogP contribution in [0.5, 0.6) is 5.75 Å². The molecular weight excluding hydrogens is 321 g/mol. The van der Waals surface area contributed by atoms with Crippen LogP contribution in [0.1, 0.15) is 29.7 Å². The smallest absolute Gasteiger partial charge is 0.129 e. The van der Waals surface area contributed by atoms with Gasteiger partial charge in [-0.2, -0.15) is 0 Å². The Morgan fingerprint density at radius 2 is 1.85 bits per heavy atom. The zero-order valence-electron chi connectivity index (χ0n) is 11.7. The number of aromatic hydroxyl groups is 1. The van der Waals surface area contributed by atoms with Gasteiger partial charge in [0.15, 0.2) is 0 Å². The topological polar surface area (TPSA) is 32.3 Å². The Labute approximate surface area is 126 Å². The highest BCUT2D eigenvalue weighted by molar-refractivity contribution is 9.10. The minimum absolute atomic E-state index is 0.161. The molecule has 0 aliphatic carbocycles. The molecule has 0 spiro atoms. The fourth-order valence-corrected chi connectivity index (χ4v) is 2.45. The molecule has 2 rings (SSSR count). The van der Waals surface area contributed by atoms with Crippen LogP contribution in [-0.4, -0.2) is 5.11 Å². The lowest BCUT2D eigenvalue weighted by Gasteiger charge is -2.19. The molecule has 106 valence electrons. The van der Waals surface area contributed by atoms with Gasteiger partial charge in [-0.15, -0.1) is 0 Å². The second kappa shape index (κ2) is 5.83.